The third-order valence-corrected chi connectivity index (χ3v) is 4.62. The molecule has 0 aliphatic rings. The molecule has 0 heterocycles. The van der Waals surface area contributed by atoms with Gasteiger partial charge < -0.3 is 4.74 Å². The van der Waals surface area contributed by atoms with Crippen molar-refractivity contribution in [1.29, 1.82) is 0 Å². The highest BCUT2D eigenvalue weighted by atomic mass is 127. The summed E-state index contributed by atoms with van der Waals surface area (Å²) in [5.74, 6) is 1.04. The predicted molar refractivity (Wildman–Crippen MR) is 62.8 cm³/mol. The van der Waals surface area contributed by atoms with E-state index in [4.69, 9.17) is 4.74 Å². The molecule has 1 radical (unpaired) electrons. The molecule has 3 heteroatoms. The maximum Gasteiger partial charge on any atom is 0.118 e. The zero-order valence-corrected chi connectivity index (χ0v) is 10.7. The van der Waals surface area contributed by atoms with Gasteiger partial charge in [0, 0.05) is 3.57 Å². The van der Waals surface area contributed by atoms with Crippen LogP contribution in [0.15, 0.2) is 18.2 Å². The van der Waals surface area contributed by atoms with Gasteiger partial charge in [0.2, 0.25) is 0 Å². The van der Waals surface area contributed by atoms with E-state index in [9.17, 15) is 0 Å². The standard InChI is InChI=1S/C9H12IOSi/c1-11-8-6-4-5-7(10)9(8)12(2)3/h4-6H,1-3H3. The molecule has 0 N–H and O–H groups in total. The van der Waals surface area contributed by atoms with Gasteiger partial charge in [-0.1, -0.05) is 19.2 Å². The summed E-state index contributed by atoms with van der Waals surface area (Å²) >= 11 is 2.37. The Balaban J connectivity index is 3.20. The van der Waals surface area contributed by atoms with Crippen LogP contribution >= 0.6 is 22.6 Å². The topological polar surface area (TPSA) is 9.23 Å². The van der Waals surface area contributed by atoms with Gasteiger partial charge in [-0.3, -0.25) is 0 Å². The summed E-state index contributed by atoms with van der Waals surface area (Å²) in [6, 6.07) is 6.21. The zero-order valence-electron chi connectivity index (χ0n) is 7.52. The summed E-state index contributed by atoms with van der Waals surface area (Å²) in [6.07, 6.45) is 0. The molecule has 0 saturated carbocycles. The van der Waals surface area contributed by atoms with Gasteiger partial charge in [0.15, 0.2) is 0 Å². The zero-order chi connectivity index (χ0) is 9.14. The highest BCUT2D eigenvalue weighted by Crippen LogP contribution is 2.13. The minimum absolute atomic E-state index is 0.417. The molecule has 1 aromatic carbocycles. The first kappa shape index (κ1) is 10.1. The van der Waals surface area contributed by atoms with Crippen LogP contribution in [0.5, 0.6) is 5.75 Å². The number of benzene rings is 1. The first-order valence-electron chi connectivity index (χ1n) is 3.80. The molecule has 0 aliphatic heterocycles. The van der Waals surface area contributed by atoms with E-state index in [0.717, 1.165) is 5.75 Å². The van der Waals surface area contributed by atoms with Gasteiger partial charge >= 0.3 is 0 Å². The second-order valence-electron chi connectivity index (χ2n) is 2.82. The normalized spacial score (nSPS) is 10.4. The Labute approximate surface area is 88.9 Å². The Hall–Kier alpha value is -0.0331. The second-order valence-corrected chi connectivity index (χ2v) is 6.48. The number of methoxy groups -OCH3 is 1. The molecule has 1 nitrogen and oxygen atoms in total. The van der Waals surface area contributed by atoms with E-state index in [-0.39, 0.29) is 0 Å². The molecule has 1 rings (SSSR count). The molecular weight excluding hydrogens is 279 g/mol. The van der Waals surface area contributed by atoms with Crippen molar-refractivity contribution < 1.29 is 4.74 Å². The Bertz CT molecular complexity index is 273. The fourth-order valence-corrected chi connectivity index (χ4v) is 4.49. The number of hydrogen-bond acceptors (Lipinski definition) is 1. The van der Waals surface area contributed by atoms with Gasteiger partial charge in [-0.05, 0) is 39.9 Å². The molecule has 0 fully saturated rings. The Morgan fingerprint density at radius 2 is 2.00 bits per heavy atom. The van der Waals surface area contributed by atoms with Crippen molar-refractivity contribution in [2.45, 2.75) is 13.1 Å². The average molecular weight is 291 g/mol. The van der Waals surface area contributed by atoms with Crippen molar-refractivity contribution >= 4 is 36.6 Å². The Morgan fingerprint density at radius 1 is 1.33 bits per heavy atom. The quantitative estimate of drug-likeness (QED) is 0.600. The van der Waals surface area contributed by atoms with Crippen LogP contribution in [-0.4, -0.2) is 15.9 Å². The summed E-state index contributed by atoms with van der Waals surface area (Å²) < 4.78 is 6.63. The lowest BCUT2D eigenvalue weighted by Crippen LogP contribution is -2.27. The largest absolute Gasteiger partial charge is 0.497 e. The summed E-state index contributed by atoms with van der Waals surface area (Å²) in [7, 11) is 1.32. The van der Waals surface area contributed by atoms with Gasteiger partial charge in [0.05, 0.1) is 15.9 Å². The maximum atomic E-state index is 5.31. The smallest absolute Gasteiger partial charge is 0.118 e. The minimum atomic E-state index is -0.417. The van der Waals surface area contributed by atoms with E-state index in [2.05, 4.69) is 41.8 Å². The molecule has 65 valence electrons. The van der Waals surface area contributed by atoms with Crippen LogP contribution < -0.4 is 9.92 Å². The third kappa shape index (κ3) is 2.01. The third-order valence-electron chi connectivity index (χ3n) is 1.70. The van der Waals surface area contributed by atoms with Crippen molar-refractivity contribution in [3.05, 3.63) is 21.8 Å². The van der Waals surface area contributed by atoms with E-state index < -0.39 is 8.80 Å². The van der Waals surface area contributed by atoms with Crippen molar-refractivity contribution in [2.75, 3.05) is 7.11 Å². The molecule has 0 aromatic heterocycles. The number of rotatable bonds is 2. The van der Waals surface area contributed by atoms with Crippen molar-refractivity contribution in [3.63, 3.8) is 0 Å². The highest BCUT2D eigenvalue weighted by molar-refractivity contribution is 14.1. The fourth-order valence-electron chi connectivity index (χ4n) is 1.16. The average Bonchev–Trinajstić information content (AvgIpc) is 2.03. The summed E-state index contributed by atoms with van der Waals surface area (Å²) in [5, 5.41) is 1.41. The van der Waals surface area contributed by atoms with Crippen molar-refractivity contribution in [1.82, 2.24) is 0 Å². The predicted octanol–water partition coefficient (Wildman–Crippen LogP) is 2.26. The molecule has 1 aromatic rings. The molecule has 0 saturated heterocycles. The van der Waals surface area contributed by atoms with Crippen LogP contribution in [0.25, 0.3) is 0 Å². The summed E-state index contributed by atoms with van der Waals surface area (Å²) in [4.78, 5) is 0. The maximum absolute atomic E-state index is 5.31. The van der Waals surface area contributed by atoms with Crippen molar-refractivity contribution in [2.24, 2.45) is 0 Å². The van der Waals surface area contributed by atoms with E-state index in [1.54, 1.807) is 7.11 Å². The Morgan fingerprint density at radius 3 is 2.42 bits per heavy atom. The first-order valence-corrected chi connectivity index (χ1v) is 7.37. The van der Waals surface area contributed by atoms with Crippen LogP contribution in [-0.2, 0) is 0 Å². The number of ether oxygens (including phenoxy) is 1. The van der Waals surface area contributed by atoms with Gasteiger partial charge in [-0.2, -0.15) is 0 Å². The van der Waals surface area contributed by atoms with Crippen LogP contribution in [0.4, 0.5) is 0 Å². The van der Waals surface area contributed by atoms with Crippen molar-refractivity contribution in [3.8, 4) is 5.75 Å². The summed E-state index contributed by atoms with van der Waals surface area (Å²) in [6.45, 7) is 4.56. The molecule has 12 heavy (non-hydrogen) atoms. The second kappa shape index (κ2) is 4.27. The monoisotopic (exact) mass is 291 g/mol. The van der Waals surface area contributed by atoms with Gasteiger partial charge in [0.25, 0.3) is 0 Å². The lowest BCUT2D eigenvalue weighted by Gasteiger charge is -2.11. The number of halogens is 1. The first-order chi connectivity index (χ1) is 5.66. The molecular formula is C9H12IOSi. The lowest BCUT2D eigenvalue weighted by molar-refractivity contribution is 0.418. The van der Waals surface area contributed by atoms with E-state index >= 15 is 0 Å². The molecule has 0 unspecified atom stereocenters. The van der Waals surface area contributed by atoms with Gasteiger partial charge in [-0.15, -0.1) is 0 Å². The van der Waals surface area contributed by atoms with E-state index in [1.807, 2.05) is 12.1 Å². The molecule has 0 atom stereocenters. The van der Waals surface area contributed by atoms with E-state index in [0.29, 0.717) is 0 Å². The Kier molecular flexibility index (Phi) is 3.58. The molecule has 0 aliphatic carbocycles. The highest BCUT2D eigenvalue weighted by Gasteiger charge is 2.11. The van der Waals surface area contributed by atoms with Crippen LogP contribution in [0.2, 0.25) is 13.1 Å². The van der Waals surface area contributed by atoms with Gasteiger partial charge in [0.1, 0.15) is 5.75 Å². The molecule has 0 spiro atoms. The lowest BCUT2D eigenvalue weighted by atomic mass is 10.3. The van der Waals surface area contributed by atoms with Crippen LogP contribution in [0, 0.1) is 3.57 Å². The van der Waals surface area contributed by atoms with Crippen LogP contribution in [0.3, 0.4) is 0 Å². The van der Waals surface area contributed by atoms with Gasteiger partial charge in [-0.25, -0.2) is 0 Å². The fraction of sp³-hybridized carbons (Fsp3) is 0.333. The van der Waals surface area contributed by atoms with E-state index in [1.165, 1.54) is 8.76 Å². The minimum Gasteiger partial charge on any atom is -0.497 e. The SMILES string of the molecule is COc1cccc(I)c1[Si](C)C. The summed E-state index contributed by atoms with van der Waals surface area (Å²) in [5.41, 5.74) is 0. The molecule has 0 amide bonds. The molecule has 0 bridgehead atoms. The number of hydrogen-bond donors (Lipinski definition) is 0. The van der Waals surface area contributed by atoms with Crippen LogP contribution in [0.1, 0.15) is 0 Å².